The molecule has 0 spiro atoms. The highest BCUT2D eigenvalue weighted by Crippen LogP contribution is 2.37. The lowest BCUT2D eigenvalue weighted by atomic mass is 10.0. The molecule has 6 nitrogen and oxygen atoms in total. The number of halogens is 2. The largest absolute Gasteiger partial charge is 0.442 e. The highest BCUT2D eigenvalue weighted by atomic mass is 35.5. The molecule has 1 unspecified atom stereocenters. The molecule has 0 saturated carbocycles. The number of nitrogens with two attached hydrogens (primary N) is 1. The minimum Gasteiger partial charge on any atom is -0.442 e. The van der Waals surface area contributed by atoms with Crippen molar-refractivity contribution >= 4 is 42.1 Å². The third-order valence-corrected chi connectivity index (χ3v) is 5.86. The number of hydrogen-bond donors (Lipinski definition) is 1. The van der Waals surface area contributed by atoms with E-state index in [1.165, 1.54) is 11.3 Å². The number of carbonyl (C=O) groups excluding carboxylic acids is 1. The highest BCUT2D eigenvalue weighted by Gasteiger charge is 2.36. The monoisotopic (exact) mass is 468 g/mol. The molecule has 4 rings (SSSR count). The maximum Gasteiger partial charge on any atom is 0.274 e. The molecule has 30 heavy (non-hydrogen) atoms. The third-order valence-electron chi connectivity index (χ3n) is 4.99. The quantitative estimate of drug-likeness (QED) is 0.555. The van der Waals surface area contributed by atoms with E-state index in [2.05, 4.69) is 18.8 Å². The predicted molar refractivity (Wildman–Crippen MR) is 124 cm³/mol. The molecule has 1 aliphatic heterocycles. The Bertz CT molecular complexity index is 975. The summed E-state index contributed by atoms with van der Waals surface area (Å²) >= 11 is 1.42. The standard InChI is InChI=1S/C21H24N4O2S.2ClH/c1-13(2)19-18(14-7-4-3-5-8-14)24-20(27-19)16-9-6-10-25(16)21(26)15-12-28-17(11-22)23-15;;/h3-5,7-8,12-13,16H,6,9-11,22H2,1-2H3;2*1H. The number of rotatable bonds is 5. The highest BCUT2D eigenvalue weighted by molar-refractivity contribution is 7.09. The van der Waals surface area contributed by atoms with Crippen LogP contribution in [0.4, 0.5) is 0 Å². The van der Waals surface area contributed by atoms with Gasteiger partial charge in [-0.25, -0.2) is 9.97 Å². The number of hydrogen-bond acceptors (Lipinski definition) is 6. The van der Waals surface area contributed by atoms with Crippen molar-refractivity contribution < 1.29 is 9.21 Å². The molecule has 2 N–H and O–H groups in total. The summed E-state index contributed by atoms with van der Waals surface area (Å²) in [4.78, 5) is 24.0. The normalized spacial score (nSPS) is 15.7. The van der Waals surface area contributed by atoms with Crippen molar-refractivity contribution in [3.8, 4) is 11.3 Å². The zero-order valence-corrected chi connectivity index (χ0v) is 19.4. The number of benzene rings is 1. The summed E-state index contributed by atoms with van der Waals surface area (Å²) in [6.07, 6.45) is 1.76. The first kappa shape index (κ1) is 24.3. The Kier molecular flexibility index (Phi) is 8.43. The first-order valence-electron chi connectivity index (χ1n) is 9.60. The van der Waals surface area contributed by atoms with E-state index in [4.69, 9.17) is 15.1 Å². The fourth-order valence-electron chi connectivity index (χ4n) is 3.60. The second kappa shape index (κ2) is 10.4. The van der Waals surface area contributed by atoms with Gasteiger partial charge in [0.05, 0.1) is 0 Å². The number of amides is 1. The van der Waals surface area contributed by atoms with Gasteiger partial charge in [0.15, 0.2) is 0 Å². The van der Waals surface area contributed by atoms with Gasteiger partial charge < -0.3 is 15.1 Å². The van der Waals surface area contributed by atoms with Gasteiger partial charge in [-0.1, -0.05) is 44.2 Å². The lowest BCUT2D eigenvalue weighted by Crippen LogP contribution is -2.31. The third kappa shape index (κ3) is 4.70. The molecular weight excluding hydrogens is 443 g/mol. The van der Waals surface area contributed by atoms with Gasteiger partial charge in [-0.3, -0.25) is 4.79 Å². The van der Waals surface area contributed by atoms with Crippen LogP contribution in [0.15, 0.2) is 40.1 Å². The van der Waals surface area contributed by atoms with Crippen LogP contribution in [-0.4, -0.2) is 27.3 Å². The van der Waals surface area contributed by atoms with E-state index in [0.717, 1.165) is 34.9 Å². The minimum atomic E-state index is -0.162. The van der Waals surface area contributed by atoms with E-state index in [1.807, 2.05) is 35.2 Å². The van der Waals surface area contributed by atoms with Crippen LogP contribution in [0, 0.1) is 0 Å². The molecule has 1 fully saturated rings. The topological polar surface area (TPSA) is 85.2 Å². The Hall–Kier alpha value is -1.93. The van der Waals surface area contributed by atoms with Crippen LogP contribution >= 0.6 is 36.2 Å². The van der Waals surface area contributed by atoms with Gasteiger partial charge in [-0.05, 0) is 12.8 Å². The number of oxazole rings is 1. The second-order valence-electron chi connectivity index (χ2n) is 7.27. The molecule has 2 aromatic heterocycles. The molecule has 9 heteroatoms. The minimum absolute atomic E-state index is 0. The Balaban J connectivity index is 0.00000160. The lowest BCUT2D eigenvalue weighted by Gasteiger charge is -2.21. The number of thiazole rings is 1. The molecule has 1 aromatic carbocycles. The molecule has 0 bridgehead atoms. The lowest BCUT2D eigenvalue weighted by molar-refractivity contribution is 0.0709. The second-order valence-corrected chi connectivity index (χ2v) is 8.22. The smallest absolute Gasteiger partial charge is 0.274 e. The predicted octanol–water partition coefficient (Wildman–Crippen LogP) is 5.20. The first-order valence-corrected chi connectivity index (χ1v) is 10.5. The Labute approximate surface area is 192 Å². The maximum atomic E-state index is 13.0. The number of aromatic nitrogens is 2. The van der Waals surface area contributed by atoms with Gasteiger partial charge in [-0.15, -0.1) is 36.2 Å². The van der Waals surface area contributed by atoms with Crippen molar-refractivity contribution in [1.29, 1.82) is 0 Å². The van der Waals surface area contributed by atoms with E-state index < -0.39 is 0 Å². The molecule has 3 heterocycles. The summed E-state index contributed by atoms with van der Waals surface area (Å²) in [5.74, 6) is 1.60. The van der Waals surface area contributed by atoms with Crippen LogP contribution in [0.3, 0.4) is 0 Å². The van der Waals surface area contributed by atoms with Crippen LogP contribution in [0.25, 0.3) is 11.3 Å². The van der Waals surface area contributed by atoms with Crippen molar-refractivity contribution in [2.75, 3.05) is 6.54 Å². The average Bonchev–Trinajstić information content (AvgIpc) is 3.46. The van der Waals surface area contributed by atoms with Crippen LogP contribution in [-0.2, 0) is 6.54 Å². The molecule has 162 valence electrons. The Morgan fingerprint density at radius 3 is 2.63 bits per heavy atom. The van der Waals surface area contributed by atoms with Crippen molar-refractivity contribution in [3.05, 3.63) is 58.1 Å². The zero-order chi connectivity index (χ0) is 19.7. The van der Waals surface area contributed by atoms with Crippen LogP contribution in [0.1, 0.15) is 65.8 Å². The zero-order valence-electron chi connectivity index (χ0n) is 16.9. The summed E-state index contributed by atoms with van der Waals surface area (Å²) in [5.41, 5.74) is 7.99. The number of likely N-dealkylation sites (tertiary alicyclic amines) is 1. The van der Waals surface area contributed by atoms with E-state index in [1.54, 1.807) is 5.38 Å². The van der Waals surface area contributed by atoms with Gasteiger partial charge in [0.1, 0.15) is 28.2 Å². The van der Waals surface area contributed by atoms with Crippen molar-refractivity contribution in [1.82, 2.24) is 14.9 Å². The fraction of sp³-hybridized carbons (Fsp3) is 0.381. The molecule has 1 aliphatic rings. The molecule has 1 saturated heterocycles. The van der Waals surface area contributed by atoms with Gasteiger partial charge in [-0.2, -0.15) is 0 Å². The van der Waals surface area contributed by atoms with Gasteiger partial charge in [0.2, 0.25) is 5.89 Å². The van der Waals surface area contributed by atoms with E-state index >= 15 is 0 Å². The number of nitrogens with zero attached hydrogens (tertiary/aromatic N) is 3. The van der Waals surface area contributed by atoms with Gasteiger partial charge >= 0.3 is 0 Å². The average molecular weight is 469 g/mol. The van der Waals surface area contributed by atoms with Gasteiger partial charge in [0.25, 0.3) is 5.91 Å². The first-order chi connectivity index (χ1) is 13.6. The van der Waals surface area contributed by atoms with E-state index in [-0.39, 0.29) is 42.7 Å². The van der Waals surface area contributed by atoms with Crippen LogP contribution in [0.5, 0.6) is 0 Å². The summed E-state index contributed by atoms with van der Waals surface area (Å²) in [5, 5.41) is 2.55. The van der Waals surface area contributed by atoms with Crippen molar-refractivity contribution in [2.45, 2.75) is 45.2 Å². The summed E-state index contributed by atoms with van der Waals surface area (Å²) in [6, 6.07) is 9.89. The summed E-state index contributed by atoms with van der Waals surface area (Å²) < 4.78 is 6.21. The van der Waals surface area contributed by atoms with E-state index in [9.17, 15) is 4.79 Å². The summed E-state index contributed by atoms with van der Waals surface area (Å²) in [6.45, 7) is 5.22. The Morgan fingerprint density at radius 2 is 2.00 bits per heavy atom. The molecule has 1 amide bonds. The van der Waals surface area contributed by atoms with Crippen LogP contribution in [0.2, 0.25) is 0 Å². The fourth-order valence-corrected chi connectivity index (χ4v) is 4.25. The molecule has 0 radical (unpaired) electrons. The molecule has 0 aliphatic carbocycles. The SMILES string of the molecule is CC(C)c1oc(C2CCCN2C(=O)c2csc(CN)n2)nc1-c1ccccc1.Cl.Cl. The van der Waals surface area contributed by atoms with Crippen LogP contribution < -0.4 is 5.73 Å². The Morgan fingerprint density at radius 1 is 1.27 bits per heavy atom. The van der Waals surface area contributed by atoms with E-state index in [0.29, 0.717) is 24.7 Å². The van der Waals surface area contributed by atoms with Crippen molar-refractivity contribution in [3.63, 3.8) is 0 Å². The molecule has 3 aromatic rings. The maximum absolute atomic E-state index is 13.0. The number of carbonyl (C=O) groups is 1. The van der Waals surface area contributed by atoms with Gasteiger partial charge in [0, 0.05) is 30.0 Å². The molecular formula is C21H26Cl2N4O2S. The van der Waals surface area contributed by atoms with Crippen molar-refractivity contribution in [2.24, 2.45) is 5.73 Å². The molecule has 1 atom stereocenters. The summed E-state index contributed by atoms with van der Waals surface area (Å²) in [7, 11) is 0.